The van der Waals surface area contributed by atoms with E-state index in [1.807, 2.05) is 91.0 Å². The molecule has 0 bridgehead atoms. The van der Waals surface area contributed by atoms with Gasteiger partial charge >= 0.3 is 0 Å². The Morgan fingerprint density at radius 1 is 0.771 bits per heavy atom. The number of hydrogen-bond donors (Lipinski definition) is 0. The lowest BCUT2D eigenvalue weighted by Crippen LogP contribution is -2.46. The smallest absolute Gasteiger partial charge is 0.178 e. The maximum atomic E-state index is 14.6. The molecule has 0 aliphatic heterocycles. The second-order valence-corrected chi connectivity index (χ2v) is 9.33. The number of ketones is 1. The second-order valence-electron chi connectivity index (χ2n) is 9.33. The van der Waals surface area contributed by atoms with Crippen molar-refractivity contribution in [3.63, 3.8) is 0 Å². The van der Waals surface area contributed by atoms with Crippen LogP contribution in [0.2, 0.25) is 0 Å². The van der Waals surface area contributed by atoms with Crippen LogP contribution in [0, 0.1) is 5.92 Å². The highest BCUT2D eigenvalue weighted by Crippen LogP contribution is 2.43. The van der Waals surface area contributed by atoms with Crippen LogP contribution in [-0.4, -0.2) is 31.3 Å². The summed E-state index contributed by atoms with van der Waals surface area (Å²) in [4.78, 5) is 16.8. The Kier molecular flexibility index (Phi) is 7.79. The fourth-order valence-corrected chi connectivity index (χ4v) is 5.00. The van der Waals surface area contributed by atoms with Crippen molar-refractivity contribution in [3.8, 4) is 5.75 Å². The van der Waals surface area contributed by atoms with Gasteiger partial charge in [0, 0.05) is 12.1 Å². The Morgan fingerprint density at radius 3 is 1.86 bits per heavy atom. The minimum atomic E-state index is -0.842. The van der Waals surface area contributed by atoms with E-state index in [4.69, 9.17) is 4.74 Å². The first-order valence-corrected chi connectivity index (χ1v) is 12.1. The maximum absolute atomic E-state index is 14.6. The van der Waals surface area contributed by atoms with Gasteiger partial charge in [0.1, 0.15) is 12.4 Å². The highest BCUT2D eigenvalue weighted by atomic mass is 16.5. The molecule has 1 atom stereocenters. The van der Waals surface area contributed by atoms with Crippen LogP contribution in [0.5, 0.6) is 5.75 Å². The molecule has 0 spiro atoms. The van der Waals surface area contributed by atoms with Crippen molar-refractivity contribution in [1.82, 2.24) is 4.90 Å². The molecule has 3 heteroatoms. The molecular formula is C32H33NO2. The van der Waals surface area contributed by atoms with Crippen molar-refractivity contribution in [2.75, 3.05) is 20.6 Å². The Labute approximate surface area is 209 Å². The van der Waals surface area contributed by atoms with Crippen LogP contribution in [0.3, 0.4) is 0 Å². The van der Waals surface area contributed by atoms with Gasteiger partial charge < -0.3 is 9.64 Å². The summed E-state index contributed by atoms with van der Waals surface area (Å²) < 4.78 is 6.07. The topological polar surface area (TPSA) is 29.5 Å². The molecule has 0 aliphatic carbocycles. The monoisotopic (exact) mass is 463 g/mol. The van der Waals surface area contributed by atoms with Gasteiger partial charge in [0.15, 0.2) is 5.78 Å². The van der Waals surface area contributed by atoms with Gasteiger partial charge in [-0.25, -0.2) is 0 Å². The van der Waals surface area contributed by atoms with E-state index in [1.54, 1.807) is 0 Å². The molecule has 35 heavy (non-hydrogen) atoms. The molecule has 178 valence electrons. The van der Waals surface area contributed by atoms with Crippen LogP contribution in [0.4, 0.5) is 0 Å². The number of nitrogens with zero attached hydrogens (tertiary/aromatic N) is 1. The largest absolute Gasteiger partial charge is 0.489 e. The summed E-state index contributed by atoms with van der Waals surface area (Å²) in [7, 11) is 4.11. The van der Waals surface area contributed by atoms with Crippen LogP contribution >= 0.6 is 0 Å². The zero-order valence-corrected chi connectivity index (χ0v) is 20.7. The first-order valence-electron chi connectivity index (χ1n) is 12.1. The molecule has 0 unspecified atom stereocenters. The normalized spacial score (nSPS) is 12.3. The van der Waals surface area contributed by atoms with Gasteiger partial charge in [-0.3, -0.25) is 4.79 Å². The predicted octanol–water partition coefficient (Wildman–Crippen LogP) is 6.63. The van der Waals surface area contributed by atoms with Gasteiger partial charge in [0.05, 0.1) is 5.41 Å². The zero-order valence-electron chi connectivity index (χ0n) is 20.7. The molecule has 0 radical (unpaired) electrons. The van der Waals surface area contributed by atoms with Crippen molar-refractivity contribution in [3.05, 3.63) is 138 Å². The predicted molar refractivity (Wildman–Crippen MR) is 143 cm³/mol. The number of Topliss-reactive ketones (excluding diaryl/α,β-unsaturated/α-hetero) is 1. The van der Waals surface area contributed by atoms with Crippen molar-refractivity contribution in [2.45, 2.75) is 18.9 Å². The average Bonchev–Trinajstić information content (AvgIpc) is 2.89. The lowest BCUT2D eigenvalue weighted by atomic mass is 9.62. The molecular weight excluding hydrogens is 430 g/mol. The average molecular weight is 464 g/mol. The minimum Gasteiger partial charge on any atom is -0.489 e. The van der Waals surface area contributed by atoms with Crippen LogP contribution in [-0.2, 0) is 12.0 Å². The Bertz CT molecular complexity index is 1180. The summed E-state index contributed by atoms with van der Waals surface area (Å²) in [5.41, 5.74) is 2.90. The first kappa shape index (κ1) is 24.4. The van der Waals surface area contributed by atoms with Crippen LogP contribution in [0.15, 0.2) is 115 Å². The first-order chi connectivity index (χ1) is 17.0. The highest BCUT2D eigenvalue weighted by Gasteiger charge is 2.46. The SMILES string of the molecule is C[C@@H](CN(C)C)C(C(=O)c1cccc(OCc2ccccc2)c1)(c1ccccc1)c1ccccc1. The van der Waals surface area contributed by atoms with Gasteiger partial charge in [-0.1, -0.05) is 110 Å². The number of carbonyl (C=O) groups excluding carboxylic acids is 1. The minimum absolute atomic E-state index is 0.0173. The lowest BCUT2D eigenvalue weighted by Gasteiger charge is -2.40. The highest BCUT2D eigenvalue weighted by molar-refractivity contribution is 6.07. The Morgan fingerprint density at radius 2 is 1.31 bits per heavy atom. The molecule has 4 rings (SSSR count). The summed E-state index contributed by atoms with van der Waals surface area (Å²) >= 11 is 0. The van der Waals surface area contributed by atoms with Crippen molar-refractivity contribution < 1.29 is 9.53 Å². The van der Waals surface area contributed by atoms with Gasteiger partial charge in [0.25, 0.3) is 0 Å². The van der Waals surface area contributed by atoms with Crippen LogP contribution in [0.25, 0.3) is 0 Å². The van der Waals surface area contributed by atoms with E-state index in [9.17, 15) is 4.79 Å². The van der Waals surface area contributed by atoms with E-state index in [0.717, 1.165) is 23.2 Å². The Balaban J connectivity index is 1.79. The summed E-state index contributed by atoms with van der Waals surface area (Å²) in [6.45, 7) is 3.39. The lowest BCUT2D eigenvalue weighted by molar-refractivity contribution is 0.0850. The third-order valence-corrected chi connectivity index (χ3v) is 6.54. The van der Waals surface area contributed by atoms with E-state index >= 15 is 0 Å². The maximum Gasteiger partial charge on any atom is 0.178 e. The summed E-state index contributed by atoms with van der Waals surface area (Å²) in [5.74, 6) is 0.785. The molecule has 4 aromatic carbocycles. The number of ether oxygens (including phenoxy) is 1. The van der Waals surface area contributed by atoms with E-state index in [-0.39, 0.29) is 11.7 Å². The van der Waals surface area contributed by atoms with Crippen molar-refractivity contribution in [2.24, 2.45) is 5.92 Å². The molecule has 0 saturated carbocycles. The van der Waals surface area contributed by atoms with Crippen molar-refractivity contribution >= 4 is 5.78 Å². The molecule has 0 aromatic heterocycles. The van der Waals surface area contributed by atoms with E-state index in [0.29, 0.717) is 17.9 Å². The molecule has 0 heterocycles. The van der Waals surface area contributed by atoms with Crippen molar-refractivity contribution in [1.29, 1.82) is 0 Å². The molecule has 0 aliphatic rings. The third-order valence-electron chi connectivity index (χ3n) is 6.54. The molecule has 0 N–H and O–H groups in total. The number of benzene rings is 4. The van der Waals surface area contributed by atoms with Gasteiger partial charge in [0.2, 0.25) is 0 Å². The fraction of sp³-hybridized carbons (Fsp3) is 0.219. The Hall–Kier alpha value is -3.69. The third kappa shape index (κ3) is 5.36. The number of rotatable bonds is 10. The summed E-state index contributed by atoms with van der Waals surface area (Å²) in [6, 6.07) is 38.0. The second kappa shape index (κ2) is 11.2. The van der Waals surface area contributed by atoms with Gasteiger partial charge in [-0.2, -0.15) is 0 Å². The molecule has 0 saturated heterocycles. The molecule has 0 fully saturated rings. The molecule has 4 aromatic rings. The fourth-order valence-electron chi connectivity index (χ4n) is 5.00. The van der Waals surface area contributed by atoms with Crippen LogP contribution < -0.4 is 4.74 Å². The zero-order chi connectivity index (χ0) is 24.7. The quantitative estimate of drug-likeness (QED) is 0.247. The number of carbonyl (C=O) groups is 1. The standard InChI is InChI=1S/C32H33NO2/c1-25(23-33(2)3)32(28-17-9-5-10-18-28,29-19-11-6-12-20-29)31(34)27-16-13-21-30(22-27)35-24-26-14-7-4-8-15-26/h4-22,25H,23-24H2,1-3H3/t25-/m0/s1. The van der Waals surface area contributed by atoms with E-state index in [1.165, 1.54) is 0 Å². The van der Waals surface area contributed by atoms with Gasteiger partial charge in [-0.15, -0.1) is 0 Å². The molecule has 3 nitrogen and oxygen atoms in total. The molecule has 0 amide bonds. The summed E-state index contributed by atoms with van der Waals surface area (Å²) in [6.07, 6.45) is 0. The van der Waals surface area contributed by atoms with Crippen LogP contribution in [0.1, 0.15) is 34.0 Å². The van der Waals surface area contributed by atoms with Gasteiger partial charge in [-0.05, 0) is 48.8 Å². The summed E-state index contributed by atoms with van der Waals surface area (Å²) in [5, 5.41) is 0. The number of hydrogen-bond acceptors (Lipinski definition) is 3. The van der Waals surface area contributed by atoms with E-state index in [2.05, 4.69) is 50.2 Å². The van der Waals surface area contributed by atoms with E-state index < -0.39 is 5.41 Å².